The van der Waals surface area contributed by atoms with Gasteiger partial charge >= 0.3 is 0 Å². The number of hydrogen-bond donors (Lipinski definition) is 1. The van der Waals surface area contributed by atoms with Gasteiger partial charge in [-0.2, -0.15) is 0 Å². The van der Waals surface area contributed by atoms with Crippen LogP contribution in [0.3, 0.4) is 0 Å². The first-order valence-corrected chi connectivity index (χ1v) is 6.42. The Labute approximate surface area is 105 Å². The Morgan fingerprint density at radius 1 is 1.38 bits per heavy atom. The third kappa shape index (κ3) is 3.04. The third-order valence-electron chi connectivity index (χ3n) is 2.43. The van der Waals surface area contributed by atoms with Crippen molar-refractivity contribution in [2.75, 3.05) is 33.3 Å². The van der Waals surface area contributed by atoms with Crippen LogP contribution in [0.2, 0.25) is 5.02 Å². The Bertz CT molecular complexity index is 356. The molecule has 0 atom stereocenters. The Morgan fingerprint density at radius 3 is 2.75 bits per heavy atom. The van der Waals surface area contributed by atoms with E-state index in [1.165, 1.54) is 0 Å². The first-order chi connectivity index (χ1) is 7.79. The topological polar surface area (TPSA) is 24.5 Å². The zero-order chi connectivity index (χ0) is 11.4. The molecule has 0 unspecified atom stereocenters. The molecule has 5 heteroatoms. The average molecular weight is 259 g/mol. The fraction of sp³-hybridized carbons (Fsp3) is 0.455. The van der Waals surface area contributed by atoms with Crippen molar-refractivity contribution in [2.24, 2.45) is 0 Å². The summed E-state index contributed by atoms with van der Waals surface area (Å²) in [5.74, 6) is 0.728. The summed E-state index contributed by atoms with van der Waals surface area (Å²) >= 11 is 7.83. The Kier molecular flexibility index (Phi) is 4.35. The maximum atomic E-state index is 6.08. The van der Waals surface area contributed by atoms with Crippen LogP contribution in [0.5, 0.6) is 5.75 Å². The molecule has 1 aromatic rings. The van der Waals surface area contributed by atoms with Gasteiger partial charge in [0.15, 0.2) is 0 Å². The monoisotopic (exact) mass is 258 g/mol. The van der Waals surface area contributed by atoms with Gasteiger partial charge in [0.1, 0.15) is 5.75 Å². The summed E-state index contributed by atoms with van der Waals surface area (Å²) in [7, 11) is 1.63. The fourth-order valence-corrected chi connectivity index (χ4v) is 2.87. The van der Waals surface area contributed by atoms with E-state index in [4.69, 9.17) is 16.3 Å². The summed E-state index contributed by atoms with van der Waals surface area (Å²) in [6.45, 7) is 4.23. The van der Waals surface area contributed by atoms with Crippen LogP contribution in [0.1, 0.15) is 0 Å². The minimum absolute atomic E-state index is 0.669. The number of rotatable bonds is 3. The molecule has 1 aliphatic heterocycles. The smallest absolute Gasteiger partial charge is 0.137 e. The summed E-state index contributed by atoms with van der Waals surface area (Å²) in [4.78, 5) is 1.16. The predicted molar refractivity (Wildman–Crippen MR) is 68.3 cm³/mol. The van der Waals surface area contributed by atoms with Crippen molar-refractivity contribution in [3.63, 3.8) is 0 Å². The van der Waals surface area contributed by atoms with Gasteiger partial charge < -0.3 is 10.1 Å². The molecular weight excluding hydrogens is 244 g/mol. The van der Waals surface area contributed by atoms with Gasteiger partial charge in [0, 0.05) is 31.1 Å². The van der Waals surface area contributed by atoms with E-state index in [2.05, 4.69) is 9.62 Å². The molecule has 3 nitrogen and oxygen atoms in total. The van der Waals surface area contributed by atoms with E-state index < -0.39 is 0 Å². The number of piperazine rings is 1. The van der Waals surface area contributed by atoms with Crippen molar-refractivity contribution in [1.82, 2.24) is 9.62 Å². The van der Waals surface area contributed by atoms with E-state index in [0.717, 1.165) is 36.8 Å². The van der Waals surface area contributed by atoms with Crippen LogP contribution in [0.4, 0.5) is 0 Å². The van der Waals surface area contributed by atoms with Crippen LogP contribution in [0.15, 0.2) is 23.1 Å². The van der Waals surface area contributed by atoms with Crippen LogP contribution in [0.25, 0.3) is 0 Å². The first kappa shape index (κ1) is 12.0. The second-order valence-electron chi connectivity index (χ2n) is 3.57. The lowest BCUT2D eigenvalue weighted by atomic mass is 10.3. The van der Waals surface area contributed by atoms with E-state index in [1.807, 2.05) is 18.2 Å². The molecular formula is C11H15ClN2OS. The molecule has 16 heavy (non-hydrogen) atoms. The van der Waals surface area contributed by atoms with E-state index in [9.17, 15) is 0 Å². The molecule has 1 aromatic carbocycles. The quantitative estimate of drug-likeness (QED) is 0.841. The van der Waals surface area contributed by atoms with Crippen molar-refractivity contribution in [1.29, 1.82) is 0 Å². The summed E-state index contributed by atoms with van der Waals surface area (Å²) in [5, 5.41) is 4.00. The molecule has 1 heterocycles. The normalized spacial score (nSPS) is 17.4. The van der Waals surface area contributed by atoms with Crippen molar-refractivity contribution in [3.8, 4) is 5.75 Å². The number of nitrogens with zero attached hydrogens (tertiary/aromatic N) is 1. The molecule has 2 rings (SSSR count). The molecule has 1 N–H and O–H groups in total. The summed E-state index contributed by atoms with van der Waals surface area (Å²) in [5.41, 5.74) is 0. The molecule has 1 saturated heterocycles. The highest BCUT2D eigenvalue weighted by molar-refractivity contribution is 7.97. The number of benzene rings is 1. The SMILES string of the molecule is COc1ccc(SN2CCNCC2)cc1Cl. The maximum absolute atomic E-state index is 6.08. The maximum Gasteiger partial charge on any atom is 0.137 e. The van der Waals surface area contributed by atoms with Crippen LogP contribution >= 0.6 is 23.5 Å². The highest BCUT2D eigenvalue weighted by Gasteiger charge is 2.11. The molecule has 1 fully saturated rings. The molecule has 0 spiro atoms. The van der Waals surface area contributed by atoms with E-state index in [-0.39, 0.29) is 0 Å². The Balaban J connectivity index is 2.01. The highest BCUT2D eigenvalue weighted by atomic mass is 35.5. The van der Waals surface area contributed by atoms with Crippen molar-refractivity contribution >= 4 is 23.5 Å². The lowest BCUT2D eigenvalue weighted by Crippen LogP contribution is -2.39. The second kappa shape index (κ2) is 5.77. The van der Waals surface area contributed by atoms with Crippen LogP contribution in [-0.4, -0.2) is 37.6 Å². The van der Waals surface area contributed by atoms with Gasteiger partial charge in [-0.1, -0.05) is 11.6 Å². The summed E-state index contributed by atoms with van der Waals surface area (Å²) in [6, 6.07) is 5.90. The standard InChI is InChI=1S/C11H15ClN2OS/c1-15-11-3-2-9(8-10(11)12)16-14-6-4-13-5-7-14/h2-3,8,13H,4-7H2,1H3. The molecule has 0 aromatic heterocycles. The van der Waals surface area contributed by atoms with Gasteiger partial charge in [-0.05, 0) is 30.1 Å². The van der Waals surface area contributed by atoms with Gasteiger partial charge in [-0.15, -0.1) is 0 Å². The van der Waals surface area contributed by atoms with Crippen molar-refractivity contribution in [2.45, 2.75) is 4.90 Å². The van der Waals surface area contributed by atoms with E-state index >= 15 is 0 Å². The zero-order valence-electron chi connectivity index (χ0n) is 9.20. The molecule has 0 amide bonds. The van der Waals surface area contributed by atoms with Crippen LogP contribution < -0.4 is 10.1 Å². The molecule has 0 radical (unpaired) electrons. The predicted octanol–water partition coefficient (Wildman–Crippen LogP) is 2.26. The largest absolute Gasteiger partial charge is 0.495 e. The lowest BCUT2D eigenvalue weighted by Gasteiger charge is -2.25. The fourth-order valence-electron chi connectivity index (χ4n) is 1.59. The number of ether oxygens (including phenoxy) is 1. The number of methoxy groups -OCH3 is 1. The highest BCUT2D eigenvalue weighted by Crippen LogP contribution is 2.31. The molecule has 1 aliphatic rings. The second-order valence-corrected chi connectivity index (χ2v) is 5.14. The summed E-state index contributed by atoms with van der Waals surface area (Å²) in [6.07, 6.45) is 0. The number of halogens is 1. The van der Waals surface area contributed by atoms with Gasteiger partial charge in [0.2, 0.25) is 0 Å². The van der Waals surface area contributed by atoms with Gasteiger partial charge in [-0.3, -0.25) is 0 Å². The number of hydrogen-bond acceptors (Lipinski definition) is 4. The first-order valence-electron chi connectivity index (χ1n) is 5.27. The van der Waals surface area contributed by atoms with Crippen molar-refractivity contribution in [3.05, 3.63) is 23.2 Å². The Hall–Kier alpha value is -0.420. The Morgan fingerprint density at radius 2 is 2.12 bits per heavy atom. The van der Waals surface area contributed by atoms with Crippen LogP contribution in [0, 0.1) is 0 Å². The zero-order valence-corrected chi connectivity index (χ0v) is 10.8. The van der Waals surface area contributed by atoms with Gasteiger partial charge in [0.25, 0.3) is 0 Å². The minimum Gasteiger partial charge on any atom is -0.495 e. The summed E-state index contributed by atoms with van der Waals surface area (Å²) < 4.78 is 7.47. The number of nitrogens with one attached hydrogen (secondary N) is 1. The molecule has 88 valence electrons. The third-order valence-corrected chi connectivity index (χ3v) is 3.82. The lowest BCUT2D eigenvalue weighted by molar-refractivity contribution is 0.396. The minimum atomic E-state index is 0.669. The van der Waals surface area contributed by atoms with Gasteiger partial charge in [-0.25, -0.2) is 4.31 Å². The van der Waals surface area contributed by atoms with Crippen molar-refractivity contribution < 1.29 is 4.74 Å². The van der Waals surface area contributed by atoms with E-state index in [0.29, 0.717) is 5.02 Å². The van der Waals surface area contributed by atoms with Gasteiger partial charge in [0.05, 0.1) is 12.1 Å². The van der Waals surface area contributed by atoms with E-state index in [1.54, 1.807) is 19.1 Å². The van der Waals surface area contributed by atoms with Crippen LogP contribution in [-0.2, 0) is 0 Å². The molecule has 0 saturated carbocycles. The molecule has 0 bridgehead atoms. The molecule has 0 aliphatic carbocycles. The average Bonchev–Trinajstić information content (AvgIpc) is 2.31.